The van der Waals surface area contributed by atoms with Crippen molar-refractivity contribution in [3.05, 3.63) is 42.9 Å². The van der Waals surface area contributed by atoms with Crippen molar-refractivity contribution in [2.24, 2.45) is 0 Å². The van der Waals surface area contributed by atoms with Gasteiger partial charge in [-0.05, 0) is 19.1 Å². The lowest BCUT2D eigenvalue weighted by Crippen LogP contribution is -2.03. The maximum atomic E-state index is 5.90. The molecule has 0 amide bonds. The van der Waals surface area contributed by atoms with Crippen LogP contribution in [0.5, 0.6) is 17.4 Å². The minimum absolute atomic E-state index is 0.433. The number of fused-ring (bicyclic) bond motifs is 1. The van der Waals surface area contributed by atoms with Gasteiger partial charge in [-0.3, -0.25) is 4.40 Å². The Morgan fingerprint density at radius 1 is 1.24 bits per heavy atom. The van der Waals surface area contributed by atoms with E-state index in [2.05, 4.69) is 15.3 Å². The van der Waals surface area contributed by atoms with Gasteiger partial charge in [0, 0.05) is 18.9 Å². The van der Waals surface area contributed by atoms with E-state index in [4.69, 9.17) is 9.47 Å². The zero-order valence-corrected chi connectivity index (χ0v) is 11.9. The van der Waals surface area contributed by atoms with Crippen LogP contribution in [0.3, 0.4) is 0 Å². The molecule has 0 bridgehead atoms. The van der Waals surface area contributed by atoms with Gasteiger partial charge < -0.3 is 14.8 Å². The van der Waals surface area contributed by atoms with Crippen LogP contribution in [0.25, 0.3) is 5.65 Å². The highest BCUT2D eigenvalue weighted by atomic mass is 16.5. The molecule has 0 aliphatic carbocycles. The van der Waals surface area contributed by atoms with Gasteiger partial charge in [0.2, 0.25) is 5.65 Å². The summed E-state index contributed by atoms with van der Waals surface area (Å²) in [5, 5.41) is 3.17. The molecule has 3 rings (SSSR count). The molecule has 0 saturated carbocycles. The third-order valence-electron chi connectivity index (χ3n) is 2.98. The summed E-state index contributed by atoms with van der Waals surface area (Å²) in [4.78, 5) is 8.74. The molecule has 0 unspecified atom stereocenters. The zero-order chi connectivity index (χ0) is 14.7. The molecule has 6 nitrogen and oxygen atoms in total. The van der Waals surface area contributed by atoms with Gasteiger partial charge in [-0.15, -0.1) is 0 Å². The van der Waals surface area contributed by atoms with Crippen LogP contribution < -0.4 is 14.8 Å². The smallest absolute Gasteiger partial charge is 0.265 e. The first-order valence-electron chi connectivity index (χ1n) is 6.70. The van der Waals surface area contributed by atoms with Crippen LogP contribution >= 0.6 is 0 Å². The number of nitrogens with one attached hydrogen (secondary N) is 1. The summed E-state index contributed by atoms with van der Waals surface area (Å²) in [7, 11) is 1.61. The Labute approximate surface area is 122 Å². The van der Waals surface area contributed by atoms with Crippen molar-refractivity contribution in [3.63, 3.8) is 0 Å². The number of ether oxygens (including phenoxy) is 2. The molecule has 21 heavy (non-hydrogen) atoms. The molecule has 1 N–H and O–H groups in total. The van der Waals surface area contributed by atoms with Crippen molar-refractivity contribution >= 4 is 11.5 Å². The summed E-state index contributed by atoms with van der Waals surface area (Å²) in [5.41, 5.74) is 0.655. The molecule has 2 heterocycles. The van der Waals surface area contributed by atoms with Crippen LogP contribution in [0.15, 0.2) is 42.9 Å². The van der Waals surface area contributed by atoms with E-state index in [1.165, 1.54) is 0 Å². The molecule has 2 aromatic heterocycles. The highest BCUT2D eigenvalue weighted by Gasteiger charge is 2.12. The van der Waals surface area contributed by atoms with Crippen LogP contribution in [0.1, 0.15) is 6.92 Å². The molecule has 0 atom stereocenters. The zero-order valence-electron chi connectivity index (χ0n) is 11.9. The molecule has 0 aliphatic heterocycles. The second-order valence-corrected chi connectivity index (χ2v) is 4.37. The van der Waals surface area contributed by atoms with Crippen LogP contribution in [-0.4, -0.2) is 28.0 Å². The Bertz CT molecular complexity index is 754. The summed E-state index contributed by atoms with van der Waals surface area (Å²) in [6.07, 6.45) is 5.44. The molecule has 1 aromatic carbocycles. The average Bonchev–Trinajstić information content (AvgIpc) is 2.97. The van der Waals surface area contributed by atoms with Gasteiger partial charge in [0.25, 0.3) is 5.88 Å². The summed E-state index contributed by atoms with van der Waals surface area (Å²) >= 11 is 0. The number of para-hydroxylation sites is 2. The van der Waals surface area contributed by atoms with E-state index in [9.17, 15) is 0 Å². The van der Waals surface area contributed by atoms with E-state index in [1.54, 1.807) is 13.3 Å². The van der Waals surface area contributed by atoms with Crippen molar-refractivity contribution in [1.29, 1.82) is 0 Å². The van der Waals surface area contributed by atoms with Gasteiger partial charge in [0.15, 0.2) is 11.5 Å². The summed E-state index contributed by atoms with van der Waals surface area (Å²) in [6.45, 7) is 2.79. The second-order valence-electron chi connectivity index (χ2n) is 4.37. The Kier molecular flexibility index (Phi) is 3.59. The molecule has 0 saturated heterocycles. The summed E-state index contributed by atoms with van der Waals surface area (Å²) in [6, 6.07) is 7.44. The number of aromatic nitrogens is 3. The molecule has 108 valence electrons. The normalized spacial score (nSPS) is 10.6. The third kappa shape index (κ3) is 2.60. The number of methoxy groups -OCH3 is 1. The molecule has 0 fully saturated rings. The first kappa shape index (κ1) is 13.2. The topological polar surface area (TPSA) is 60.7 Å². The molecule has 3 aromatic rings. The largest absolute Gasteiger partial charge is 0.493 e. The van der Waals surface area contributed by atoms with Gasteiger partial charge in [0.05, 0.1) is 13.3 Å². The van der Waals surface area contributed by atoms with Crippen LogP contribution in [0, 0.1) is 0 Å². The Morgan fingerprint density at radius 2 is 2.05 bits per heavy atom. The number of imidazole rings is 1. The Balaban J connectivity index is 2.04. The Morgan fingerprint density at radius 3 is 2.81 bits per heavy atom. The fraction of sp³-hybridized carbons (Fsp3) is 0.200. The molecule has 0 radical (unpaired) electrons. The first-order valence-corrected chi connectivity index (χ1v) is 6.70. The van der Waals surface area contributed by atoms with Crippen molar-refractivity contribution in [3.8, 4) is 17.4 Å². The standard InChI is InChI=1S/C15H16N4O2/c1-3-16-13-10-19-9-8-17-14(19)15(18-13)21-12-7-5-4-6-11(12)20-2/h4-10,16H,3H2,1-2H3. The number of anilines is 1. The van der Waals surface area contributed by atoms with E-state index in [-0.39, 0.29) is 0 Å². The molecule has 0 aliphatic rings. The number of rotatable bonds is 5. The monoisotopic (exact) mass is 284 g/mol. The minimum Gasteiger partial charge on any atom is -0.493 e. The summed E-state index contributed by atoms with van der Waals surface area (Å²) in [5.74, 6) is 2.42. The number of nitrogens with zero attached hydrogens (tertiary/aromatic N) is 3. The summed E-state index contributed by atoms with van der Waals surface area (Å²) < 4.78 is 13.1. The first-order chi connectivity index (χ1) is 10.3. The fourth-order valence-electron chi connectivity index (χ4n) is 2.04. The van der Waals surface area contributed by atoms with E-state index in [0.717, 1.165) is 12.4 Å². The van der Waals surface area contributed by atoms with Crippen molar-refractivity contribution in [1.82, 2.24) is 14.4 Å². The third-order valence-corrected chi connectivity index (χ3v) is 2.98. The van der Waals surface area contributed by atoms with Gasteiger partial charge >= 0.3 is 0 Å². The average molecular weight is 284 g/mol. The Hall–Kier alpha value is -2.76. The maximum absolute atomic E-state index is 5.90. The number of benzene rings is 1. The van der Waals surface area contributed by atoms with Crippen molar-refractivity contribution in [2.75, 3.05) is 19.0 Å². The van der Waals surface area contributed by atoms with E-state index in [0.29, 0.717) is 23.0 Å². The molecule has 6 heteroatoms. The van der Waals surface area contributed by atoms with Crippen molar-refractivity contribution in [2.45, 2.75) is 6.92 Å². The number of hydrogen-bond acceptors (Lipinski definition) is 5. The molecule has 0 spiro atoms. The number of hydrogen-bond donors (Lipinski definition) is 1. The van der Waals surface area contributed by atoms with E-state index < -0.39 is 0 Å². The lowest BCUT2D eigenvalue weighted by atomic mass is 10.3. The fourth-order valence-corrected chi connectivity index (χ4v) is 2.04. The van der Waals surface area contributed by atoms with E-state index >= 15 is 0 Å². The highest BCUT2D eigenvalue weighted by Crippen LogP contribution is 2.32. The van der Waals surface area contributed by atoms with Gasteiger partial charge in [-0.2, -0.15) is 4.98 Å². The van der Waals surface area contributed by atoms with Gasteiger partial charge in [-0.1, -0.05) is 12.1 Å². The van der Waals surface area contributed by atoms with Gasteiger partial charge in [0.1, 0.15) is 5.82 Å². The lowest BCUT2D eigenvalue weighted by Gasteiger charge is -2.11. The predicted octanol–water partition coefficient (Wildman–Crippen LogP) is 2.96. The highest BCUT2D eigenvalue weighted by molar-refractivity contribution is 5.56. The van der Waals surface area contributed by atoms with Gasteiger partial charge in [-0.25, -0.2) is 4.98 Å². The van der Waals surface area contributed by atoms with Crippen molar-refractivity contribution < 1.29 is 9.47 Å². The van der Waals surface area contributed by atoms with E-state index in [1.807, 2.05) is 48.0 Å². The second kappa shape index (κ2) is 5.70. The van der Waals surface area contributed by atoms with Crippen LogP contribution in [0.4, 0.5) is 5.82 Å². The minimum atomic E-state index is 0.433. The maximum Gasteiger partial charge on any atom is 0.265 e. The SMILES string of the molecule is CCNc1cn2ccnc2c(Oc2ccccc2OC)n1. The molecular formula is C15H16N4O2. The molecular weight excluding hydrogens is 268 g/mol. The van der Waals surface area contributed by atoms with Crippen LogP contribution in [-0.2, 0) is 0 Å². The predicted molar refractivity (Wildman–Crippen MR) is 80.2 cm³/mol. The quantitative estimate of drug-likeness (QED) is 0.780. The lowest BCUT2D eigenvalue weighted by molar-refractivity contribution is 0.375. The van der Waals surface area contributed by atoms with Crippen LogP contribution in [0.2, 0.25) is 0 Å².